The quantitative estimate of drug-likeness (QED) is 0.749. The smallest absolute Gasteiger partial charge is 0.257 e. The number of carbonyl (C=O) groups is 1. The first-order valence-corrected chi connectivity index (χ1v) is 10.3. The normalized spacial score (nSPS) is 20.0. The van der Waals surface area contributed by atoms with Crippen molar-refractivity contribution in [3.8, 4) is 5.75 Å². The number of amides is 1. The zero-order valence-electron chi connectivity index (χ0n) is 16.6. The summed E-state index contributed by atoms with van der Waals surface area (Å²) in [6.45, 7) is 4.50. The molecule has 2 aromatic carbocycles. The van der Waals surface area contributed by atoms with Crippen LogP contribution in [0.2, 0.25) is 0 Å². The van der Waals surface area contributed by atoms with Crippen molar-refractivity contribution >= 4 is 5.91 Å². The average Bonchev–Trinajstić information content (AvgIpc) is 3.28. The van der Waals surface area contributed by atoms with E-state index in [4.69, 9.17) is 9.47 Å². The fourth-order valence-corrected chi connectivity index (χ4v) is 3.87. The van der Waals surface area contributed by atoms with E-state index in [1.165, 1.54) is 6.07 Å². The topological polar surface area (TPSA) is 42.0 Å². The van der Waals surface area contributed by atoms with E-state index in [1.807, 2.05) is 41.3 Å². The second-order valence-corrected chi connectivity index (χ2v) is 7.60. The zero-order chi connectivity index (χ0) is 20.1. The van der Waals surface area contributed by atoms with Crippen LogP contribution in [0.5, 0.6) is 5.75 Å². The molecular weight excluding hydrogens is 371 g/mol. The Morgan fingerprint density at radius 2 is 1.83 bits per heavy atom. The Bertz CT molecular complexity index is 830. The van der Waals surface area contributed by atoms with Gasteiger partial charge in [-0.3, -0.25) is 9.69 Å². The lowest BCUT2D eigenvalue weighted by molar-refractivity contribution is 0.0592. The minimum absolute atomic E-state index is 0.0153. The summed E-state index contributed by atoms with van der Waals surface area (Å²) in [6, 6.07) is 14.3. The van der Waals surface area contributed by atoms with Crippen LogP contribution in [0, 0.1) is 5.82 Å². The van der Waals surface area contributed by atoms with Crippen molar-refractivity contribution in [2.75, 3.05) is 39.4 Å². The van der Waals surface area contributed by atoms with Crippen molar-refractivity contribution in [3.05, 3.63) is 65.5 Å². The first-order valence-electron chi connectivity index (χ1n) is 10.3. The highest BCUT2D eigenvalue weighted by atomic mass is 19.1. The van der Waals surface area contributed by atoms with Gasteiger partial charge in [-0.15, -0.1) is 0 Å². The van der Waals surface area contributed by atoms with Crippen LogP contribution in [0.25, 0.3) is 0 Å². The minimum Gasteiger partial charge on any atom is -0.490 e. The van der Waals surface area contributed by atoms with E-state index in [0.717, 1.165) is 32.5 Å². The van der Waals surface area contributed by atoms with Crippen molar-refractivity contribution in [1.29, 1.82) is 0 Å². The van der Waals surface area contributed by atoms with Crippen LogP contribution in [0.1, 0.15) is 28.8 Å². The Morgan fingerprint density at radius 1 is 1.07 bits per heavy atom. The van der Waals surface area contributed by atoms with Crippen LogP contribution in [0.4, 0.5) is 4.39 Å². The number of benzene rings is 2. The van der Waals surface area contributed by atoms with Crippen molar-refractivity contribution < 1.29 is 18.7 Å². The fourth-order valence-electron chi connectivity index (χ4n) is 3.87. The minimum atomic E-state index is -0.177. The summed E-state index contributed by atoms with van der Waals surface area (Å²) in [6.07, 6.45) is 2.17. The number of ether oxygens (including phenoxy) is 2. The first-order chi connectivity index (χ1) is 14.2. The Hall–Kier alpha value is -2.44. The predicted molar refractivity (Wildman–Crippen MR) is 108 cm³/mol. The van der Waals surface area contributed by atoms with E-state index in [-0.39, 0.29) is 17.8 Å². The van der Waals surface area contributed by atoms with Crippen LogP contribution >= 0.6 is 0 Å². The number of rotatable bonds is 6. The summed E-state index contributed by atoms with van der Waals surface area (Å²) >= 11 is 0. The second kappa shape index (κ2) is 9.37. The lowest BCUT2D eigenvalue weighted by Gasteiger charge is -2.35. The van der Waals surface area contributed by atoms with Gasteiger partial charge in [0.25, 0.3) is 5.91 Å². The molecule has 0 saturated carbocycles. The lowest BCUT2D eigenvalue weighted by Crippen LogP contribution is -2.48. The largest absolute Gasteiger partial charge is 0.490 e. The molecule has 2 heterocycles. The molecule has 0 radical (unpaired) electrons. The molecular formula is C23H27FN2O3. The molecule has 1 unspecified atom stereocenters. The molecule has 1 atom stereocenters. The highest BCUT2D eigenvalue weighted by molar-refractivity contribution is 5.97. The van der Waals surface area contributed by atoms with Gasteiger partial charge in [-0.05, 0) is 31.0 Å². The number of nitrogens with zero attached hydrogens (tertiary/aromatic N) is 2. The Labute approximate surface area is 171 Å². The van der Waals surface area contributed by atoms with Gasteiger partial charge in [-0.25, -0.2) is 4.39 Å². The number of piperazine rings is 1. The molecule has 2 saturated heterocycles. The van der Waals surface area contributed by atoms with Crippen LogP contribution in [-0.2, 0) is 11.3 Å². The molecule has 2 aromatic rings. The highest BCUT2D eigenvalue weighted by Gasteiger charge is 2.25. The number of para-hydroxylation sites is 1. The molecule has 0 spiro atoms. The molecule has 0 aliphatic carbocycles. The Balaban J connectivity index is 1.34. The maximum absolute atomic E-state index is 13.9. The maximum Gasteiger partial charge on any atom is 0.257 e. The summed E-state index contributed by atoms with van der Waals surface area (Å²) in [5.41, 5.74) is 1.29. The van der Waals surface area contributed by atoms with Gasteiger partial charge in [0.05, 0.1) is 11.7 Å². The second-order valence-electron chi connectivity index (χ2n) is 7.60. The van der Waals surface area contributed by atoms with Crippen LogP contribution < -0.4 is 4.74 Å². The third-order valence-corrected chi connectivity index (χ3v) is 5.58. The summed E-state index contributed by atoms with van der Waals surface area (Å²) < 4.78 is 25.4. The average molecular weight is 398 g/mol. The number of carbonyl (C=O) groups excluding carboxylic acids is 1. The van der Waals surface area contributed by atoms with E-state index < -0.39 is 0 Å². The van der Waals surface area contributed by atoms with Gasteiger partial charge < -0.3 is 14.4 Å². The van der Waals surface area contributed by atoms with Crippen molar-refractivity contribution in [2.24, 2.45) is 0 Å². The van der Waals surface area contributed by atoms with E-state index in [0.29, 0.717) is 43.1 Å². The third-order valence-electron chi connectivity index (χ3n) is 5.58. The Morgan fingerprint density at radius 3 is 2.59 bits per heavy atom. The van der Waals surface area contributed by atoms with Gasteiger partial charge in [-0.1, -0.05) is 30.3 Å². The molecule has 2 fully saturated rings. The zero-order valence-corrected chi connectivity index (χ0v) is 16.6. The molecule has 29 heavy (non-hydrogen) atoms. The molecule has 2 aliphatic rings. The molecule has 0 N–H and O–H groups in total. The van der Waals surface area contributed by atoms with Gasteiger partial charge in [0.15, 0.2) is 0 Å². The number of hydrogen-bond donors (Lipinski definition) is 0. The van der Waals surface area contributed by atoms with E-state index in [2.05, 4.69) is 4.90 Å². The molecule has 0 aromatic heterocycles. The number of hydrogen-bond acceptors (Lipinski definition) is 4. The molecule has 5 nitrogen and oxygen atoms in total. The van der Waals surface area contributed by atoms with E-state index in [9.17, 15) is 9.18 Å². The van der Waals surface area contributed by atoms with E-state index >= 15 is 0 Å². The SMILES string of the molecule is O=C(c1ccccc1OCC1CCCO1)N1CCN(Cc2ccccc2F)CC1. The maximum atomic E-state index is 13.9. The highest BCUT2D eigenvalue weighted by Crippen LogP contribution is 2.23. The molecule has 1 amide bonds. The van der Waals surface area contributed by atoms with Crippen molar-refractivity contribution in [1.82, 2.24) is 9.80 Å². The monoisotopic (exact) mass is 398 g/mol. The van der Waals surface area contributed by atoms with Crippen LogP contribution in [0.15, 0.2) is 48.5 Å². The molecule has 2 aliphatic heterocycles. The van der Waals surface area contributed by atoms with Crippen molar-refractivity contribution in [3.63, 3.8) is 0 Å². The third kappa shape index (κ3) is 4.95. The van der Waals surface area contributed by atoms with Crippen LogP contribution in [0.3, 0.4) is 0 Å². The fraction of sp³-hybridized carbons (Fsp3) is 0.435. The van der Waals surface area contributed by atoms with Gasteiger partial charge >= 0.3 is 0 Å². The van der Waals surface area contributed by atoms with Gasteiger partial charge in [0.2, 0.25) is 0 Å². The lowest BCUT2D eigenvalue weighted by atomic mass is 10.1. The summed E-state index contributed by atoms with van der Waals surface area (Å²) in [5.74, 6) is 0.420. The summed E-state index contributed by atoms with van der Waals surface area (Å²) in [7, 11) is 0. The molecule has 154 valence electrons. The molecule has 6 heteroatoms. The van der Waals surface area contributed by atoms with Gasteiger partial charge in [-0.2, -0.15) is 0 Å². The van der Waals surface area contributed by atoms with Crippen molar-refractivity contribution in [2.45, 2.75) is 25.5 Å². The van der Waals surface area contributed by atoms with Gasteiger partial charge in [0.1, 0.15) is 18.2 Å². The predicted octanol–water partition coefficient (Wildman–Crippen LogP) is 3.34. The van der Waals surface area contributed by atoms with E-state index in [1.54, 1.807) is 6.07 Å². The standard InChI is InChI=1S/C23H27FN2O3/c24-21-9-3-1-6-18(21)16-25-11-13-26(14-12-25)23(27)20-8-2-4-10-22(20)29-17-19-7-5-15-28-19/h1-4,6,8-10,19H,5,7,11-17H2. The summed E-state index contributed by atoms with van der Waals surface area (Å²) in [4.78, 5) is 17.1. The molecule has 4 rings (SSSR count). The number of halogens is 1. The van der Waals surface area contributed by atoms with Gasteiger partial charge in [0, 0.05) is 44.9 Å². The molecule has 0 bridgehead atoms. The van der Waals surface area contributed by atoms with Crippen LogP contribution in [-0.4, -0.2) is 61.2 Å². The first kappa shape index (κ1) is 19.9. The Kier molecular flexibility index (Phi) is 6.42. The summed E-state index contributed by atoms with van der Waals surface area (Å²) in [5, 5.41) is 0.